The summed E-state index contributed by atoms with van der Waals surface area (Å²) in [6.07, 6.45) is 9.08. The Bertz CT molecular complexity index is 651. The van der Waals surface area contributed by atoms with Gasteiger partial charge in [-0.25, -0.2) is 0 Å². The number of allylic oxidation sites excluding steroid dienone is 4. The van der Waals surface area contributed by atoms with Crippen LogP contribution in [0.3, 0.4) is 0 Å². The Kier molecular flexibility index (Phi) is 3.69. The van der Waals surface area contributed by atoms with E-state index >= 15 is 0 Å². The highest BCUT2D eigenvalue weighted by Gasteiger charge is 2.08. The van der Waals surface area contributed by atoms with Gasteiger partial charge in [0.1, 0.15) is 0 Å². The molecular formula is C19H19N. The van der Waals surface area contributed by atoms with Crippen molar-refractivity contribution in [1.29, 1.82) is 0 Å². The van der Waals surface area contributed by atoms with E-state index in [1.807, 2.05) is 7.05 Å². The second-order valence-electron chi connectivity index (χ2n) is 5.02. The van der Waals surface area contributed by atoms with Crippen molar-refractivity contribution in [3.8, 4) is 11.1 Å². The first-order chi connectivity index (χ1) is 9.88. The van der Waals surface area contributed by atoms with E-state index in [1.165, 1.54) is 28.0 Å². The minimum atomic E-state index is 1.13. The molecule has 0 fully saturated rings. The number of benzene rings is 2. The van der Waals surface area contributed by atoms with Crippen LogP contribution in [0.1, 0.15) is 18.4 Å². The topological polar surface area (TPSA) is 12.0 Å². The maximum Gasteiger partial charge on any atom is 0.0423 e. The summed E-state index contributed by atoms with van der Waals surface area (Å²) in [6.45, 7) is 0. The van der Waals surface area contributed by atoms with Crippen molar-refractivity contribution >= 4 is 11.3 Å². The Hall–Kier alpha value is -2.28. The molecule has 0 heterocycles. The van der Waals surface area contributed by atoms with E-state index < -0.39 is 0 Å². The lowest BCUT2D eigenvalue weighted by Crippen LogP contribution is -1.96. The number of nitrogens with one attached hydrogen (secondary N) is 1. The lowest BCUT2D eigenvalue weighted by molar-refractivity contribution is 1.04. The van der Waals surface area contributed by atoms with E-state index in [4.69, 9.17) is 0 Å². The van der Waals surface area contributed by atoms with Crippen LogP contribution in [0, 0.1) is 0 Å². The zero-order chi connectivity index (χ0) is 13.8. The van der Waals surface area contributed by atoms with Crippen molar-refractivity contribution in [2.45, 2.75) is 12.8 Å². The highest BCUT2D eigenvalue weighted by atomic mass is 14.8. The molecule has 0 radical (unpaired) electrons. The largest absolute Gasteiger partial charge is 0.388 e. The summed E-state index contributed by atoms with van der Waals surface area (Å²) in [5, 5.41) is 3.33. The Morgan fingerprint density at radius 3 is 2.45 bits per heavy atom. The van der Waals surface area contributed by atoms with Crippen LogP contribution in [-0.4, -0.2) is 7.05 Å². The molecule has 0 atom stereocenters. The predicted octanol–water partition coefficient (Wildman–Crippen LogP) is 5.13. The molecule has 100 valence electrons. The van der Waals surface area contributed by atoms with Gasteiger partial charge in [0.2, 0.25) is 0 Å². The van der Waals surface area contributed by atoms with E-state index in [1.54, 1.807) is 0 Å². The third-order valence-corrected chi connectivity index (χ3v) is 3.70. The van der Waals surface area contributed by atoms with E-state index in [0.29, 0.717) is 0 Å². The molecule has 0 bridgehead atoms. The van der Waals surface area contributed by atoms with Crippen molar-refractivity contribution in [2.75, 3.05) is 12.4 Å². The Balaban J connectivity index is 2.02. The average Bonchev–Trinajstić information content (AvgIpc) is 2.56. The first-order valence-corrected chi connectivity index (χ1v) is 7.13. The van der Waals surface area contributed by atoms with Crippen LogP contribution >= 0.6 is 0 Å². The van der Waals surface area contributed by atoms with Crippen LogP contribution in [0.2, 0.25) is 0 Å². The van der Waals surface area contributed by atoms with Gasteiger partial charge in [0.25, 0.3) is 0 Å². The summed E-state index contributed by atoms with van der Waals surface area (Å²) in [7, 11) is 1.99. The van der Waals surface area contributed by atoms with Gasteiger partial charge in [0, 0.05) is 18.3 Å². The maximum atomic E-state index is 3.33. The summed E-state index contributed by atoms with van der Waals surface area (Å²) in [5.41, 5.74) is 6.29. The molecular weight excluding hydrogens is 242 g/mol. The van der Waals surface area contributed by atoms with Gasteiger partial charge in [-0.15, -0.1) is 0 Å². The average molecular weight is 261 g/mol. The fraction of sp³-hybridized carbons (Fsp3) is 0.158. The molecule has 1 aliphatic carbocycles. The quantitative estimate of drug-likeness (QED) is 0.807. The molecule has 1 aliphatic rings. The van der Waals surface area contributed by atoms with Gasteiger partial charge in [-0.1, -0.05) is 60.7 Å². The summed E-state index contributed by atoms with van der Waals surface area (Å²) in [4.78, 5) is 0. The lowest BCUT2D eigenvalue weighted by atomic mass is 9.95. The van der Waals surface area contributed by atoms with Gasteiger partial charge in [0.15, 0.2) is 0 Å². The van der Waals surface area contributed by atoms with Gasteiger partial charge < -0.3 is 5.32 Å². The first kappa shape index (κ1) is 12.7. The van der Waals surface area contributed by atoms with Crippen molar-refractivity contribution in [2.24, 2.45) is 0 Å². The smallest absolute Gasteiger partial charge is 0.0423 e. The fourth-order valence-corrected chi connectivity index (χ4v) is 2.63. The highest BCUT2D eigenvalue weighted by molar-refractivity contribution is 5.85. The van der Waals surface area contributed by atoms with Gasteiger partial charge in [-0.3, -0.25) is 0 Å². The standard InChI is InChI=1S/C19H19N/c1-20-19-14-17(15-8-4-2-5-9-15)12-13-18(19)16-10-6-3-7-11-16/h2,4-6,8-14,20H,3,7H2,1H3. The third-order valence-electron chi connectivity index (χ3n) is 3.70. The molecule has 0 spiro atoms. The Morgan fingerprint density at radius 2 is 1.75 bits per heavy atom. The second-order valence-corrected chi connectivity index (χ2v) is 5.02. The van der Waals surface area contributed by atoms with E-state index in [-0.39, 0.29) is 0 Å². The maximum absolute atomic E-state index is 3.33. The fourth-order valence-electron chi connectivity index (χ4n) is 2.63. The van der Waals surface area contributed by atoms with Gasteiger partial charge in [0.05, 0.1) is 0 Å². The first-order valence-electron chi connectivity index (χ1n) is 7.13. The minimum Gasteiger partial charge on any atom is -0.388 e. The molecule has 1 heteroatoms. The molecule has 1 N–H and O–H groups in total. The summed E-state index contributed by atoms with van der Waals surface area (Å²) < 4.78 is 0. The Labute approximate surface area is 120 Å². The molecule has 2 aromatic rings. The molecule has 0 amide bonds. The monoisotopic (exact) mass is 261 g/mol. The van der Waals surface area contributed by atoms with Crippen LogP contribution in [0.15, 0.2) is 66.8 Å². The normalized spacial score (nSPS) is 13.9. The minimum absolute atomic E-state index is 1.13. The lowest BCUT2D eigenvalue weighted by Gasteiger charge is -2.14. The molecule has 0 saturated carbocycles. The van der Waals surface area contributed by atoms with Crippen LogP contribution in [0.4, 0.5) is 5.69 Å². The second kappa shape index (κ2) is 5.79. The molecule has 0 aromatic heterocycles. The van der Waals surface area contributed by atoms with Crippen molar-refractivity contribution in [1.82, 2.24) is 0 Å². The molecule has 3 rings (SSSR count). The zero-order valence-corrected chi connectivity index (χ0v) is 11.8. The number of anilines is 1. The zero-order valence-electron chi connectivity index (χ0n) is 11.8. The summed E-state index contributed by atoms with van der Waals surface area (Å²) in [6, 6.07) is 17.2. The number of hydrogen-bond donors (Lipinski definition) is 1. The molecule has 0 aliphatic heterocycles. The van der Waals surface area contributed by atoms with E-state index in [2.05, 4.69) is 72.1 Å². The van der Waals surface area contributed by atoms with Crippen molar-refractivity contribution in [3.63, 3.8) is 0 Å². The van der Waals surface area contributed by atoms with Gasteiger partial charge >= 0.3 is 0 Å². The highest BCUT2D eigenvalue weighted by Crippen LogP contribution is 2.31. The molecule has 0 unspecified atom stereocenters. The van der Waals surface area contributed by atoms with Crippen LogP contribution < -0.4 is 5.32 Å². The third kappa shape index (κ3) is 2.53. The van der Waals surface area contributed by atoms with Crippen molar-refractivity contribution < 1.29 is 0 Å². The SMILES string of the molecule is CNc1cc(-c2ccccc2)ccc1C1=CCCC=C1. The van der Waals surface area contributed by atoms with E-state index in [9.17, 15) is 0 Å². The number of hydrogen-bond acceptors (Lipinski definition) is 1. The molecule has 20 heavy (non-hydrogen) atoms. The molecule has 2 aromatic carbocycles. The van der Waals surface area contributed by atoms with Crippen molar-refractivity contribution in [3.05, 3.63) is 72.3 Å². The van der Waals surface area contributed by atoms with Gasteiger partial charge in [-0.2, -0.15) is 0 Å². The van der Waals surface area contributed by atoms with Crippen LogP contribution in [-0.2, 0) is 0 Å². The van der Waals surface area contributed by atoms with Crippen LogP contribution in [0.5, 0.6) is 0 Å². The van der Waals surface area contributed by atoms with Gasteiger partial charge in [-0.05, 0) is 35.6 Å². The van der Waals surface area contributed by atoms with Crippen LogP contribution in [0.25, 0.3) is 16.7 Å². The predicted molar refractivity (Wildman–Crippen MR) is 87.8 cm³/mol. The van der Waals surface area contributed by atoms with E-state index in [0.717, 1.165) is 12.8 Å². The molecule has 1 nitrogen and oxygen atoms in total. The Morgan fingerprint density at radius 1 is 0.900 bits per heavy atom. The molecule has 0 saturated heterocycles. The summed E-state index contributed by atoms with van der Waals surface area (Å²) in [5.74, 6) is 0. The number of rotatable bonds is 3. The summed E-state index contributed by atoms with van der Waals surface area (Å²) >= 11 is 0.